The minimum atomic E-state index is 0.711. The summed E-state index contributed by atoms with van der Waals surface area (Å²) in [6.07, 6.45) is 7.24. The van der Waals surface area contributed by atoms with Crippen molar-refractivity contribution in [1.82, 2.24) is 34.1 Å². The molecule has 8 nitrogen and oxygen atoms in total. The quantitative estimate of drug-likeness (QED) is 0.525. The second kappa shape index (κ2) is 6.34. The highest BCUT2D eigenvalue weighted by atomic mass is 15.3. The maximum Gasteiger partial charge on any atom is 0.162 e. The molecule has 0 unspecified atom stereocenters. The summed E-state index contributed by atoms with van der Waals surface area (Å²) >= 11 is 0. The van der Waals surface area contributed by atoms with Crippen LogP contribution >= 0.6 is 0 Å². The number of benzene rings is 1. The minimum Gasteiger partial charge on any atom is -0.325 e. The van der Waals surface area contributed by atoms with Gasteiger partial charge in [-0.25, -0.2) is 9.97 Å². The second-order valence-corrected chi connectivity index (χ2v) is 6.53. The van der Waals surface area contributed by atoms with Crippen molar-refractivity contribution >= 4 is 22.7 Å². The lowest BCUT2D eigenvalue weighted by Gasteiger charge is -2.10. The van der Waals surface area contributed by atoms with Crippen LogP contribution in [0.4, 0.5) is 11.6 Å². The molecule has 0 bridgehead atoms. The number of pyridine rings is 1. The highest BCUT2D eigenvalue weighted by Gasteiger charge is 2.13. The van der Waals surface area contributed by atoms with Gasteiger partial charge in [-0.15, -0.1) is 0 Å². The van der Waals surface area contributed by atoms with E-state index in [0.29, 0.717) is 5.82 Å². The molecular weight excluding hydrogens is 352 g/mol. The van der Waals surface area contributed by atoms with Crippen LogP contribution in [0, 0.1) is 0 Å². The van der Waals surface area contributed by atoms with Gasteiger partial charge in [0.15, 0.2) is 5.65 Å². The molecule has 28 heavy (non-hydrogen) atoms. The molecule has 0 saturated carbocycles. The van der Waals surface area contributed by atoms with Crippen LogP contribution in [0.5, 0.6) is 0 Å². The number of anilines is 2. The highest BCUT2D eigenvalue weighted by Crippen LogP contribution is 2.27. The van der Waals surface area contributed by atoms with Crippen LogP contribution in [0.2, 0.25) is 0 Å². The lowest BCUT2D eigenvalue weighted by atomic mass is 10.1. The van der Waals surface area contributed by atoms with Crippen LogP contribution in [-0.4, -0.2) is 34.1 Å². The van der Waals surface area contributed by atoms with Gasteiger partial charge in [0.25, 0.3) is 0 Å². The Balaban J connectivity index is 1.58. The molecule has 1 N–H and O–H groups in total. The molecule has 8 heteroatoms. The predicted octanol–water partition coefficient (Wildman–Crippen LogP) is 3.30. The van der Waals surface area contributed by atoms with Gasteiger partial charge in [0.1, 0.15) is 11.6 Å². The van der Waals surface area contributed by atoms with E-state index in [0.717, 1.165) is 33.8 Å². The summed E-state index contributed by atoms with van der Waals surface area (Å²) in [7, 11) is 3.79. The number of imidazole rings is 1. The summed E-state index contributed by atoms with van der Waals surface area (Å²) in [5.74, 6) is 1.56. The summed E-state index contributed by atoms with van der Waals surface area (Å²) in [5, 5.41) is 13.3. The van der Waals surface area contributed by atoms with Gasteiger partial charge < -0.3 is 9.88 Å². The third kappa shape index (κ3) is 2.71. The normalized spacial score (nSPS) is 11.2. The molecule has 1 aromatic carbocycles. The summed E-state index contributed by atoms with van der Waals surface area (Å²) in [6, 6.07) is 14.1. The minimum absolute atomic E-state index is 0.711. The van der Waals surface area contributed by atoms with E-state index in [4.69, 9.17) is 4.98 Å². The fourth-order valence-electron chi connectivity index (χ4n) is 3.24. The van der Waals surface area contributed by atoms with Gasteiger partial charge in [0.2, 0.25) is 0 Å². The first-order valence-electron chi connectivity index (χ1n) is 8.86. The molecule has 0 spiro atoms. The average Bonchev–Trinajstić information content (AvgIpc) is 3.45. The Hall–Kier alpha value is -3.94. The fraction of sp³-hybridized carbons (Fsp3) is 0.100. The molecular formula is C20H18N8. The van der Waals surface area contributed by atoms with Crippen LogP contribution in [0.15, 0.2) is 67.4 Å². The Morgan fingerprint density at radius 2 is 1.86 bits per heavy atom. The van der Waals surface area contributed by atoms with Gasteiger partial charge >= 0.3 is 0 Å². The lowest BCUT2D eigenvalue weighted by Crippen LogP contribution is -2.03. The van der Waals surface area contributed by atoms with Gasteiger partial charge in [0.05, 0.1) is 29.3 Å². The predicted molar refractivity (Wildman–Crippen MR) is 108 cm³/mol. The smallest absolute Gasteiger partial charge is 0.162 e. The van der Waals surface area contributed by atoms with E-state index in [1.165, 1.54) is 0 Å². The van der Waals surface area contributed by atoms with Gasteiger partial charge in [-0.3, -0.25) is 9.36 Å². The molecule has 0 aliphatic heterocycles. The molecule has 0 saturated heterocycles. The number of aryl methyl sites for hydroxylation is 2. The SMILES string of the molecule is Cn1nc(-c2ccccc2)cc1Nc1cc(-n2ccnc2)c2cnn(C)c2n1. The largest absolute Gasteiger partial charge is 0.325 e. The van der Waals surface area contributed by atoms with E-state index in [-0.39, 0.29) is 0 Å². The number of nitrogens with one attached hydrogen (secondary N) is 1. The Bertz CT molecular complexity index is 1250. The first-order chi connectivity index (χ1) is 13.7. The van der Waals surface area contributed by atoms with Crippen LogP contribution in [-0.2, 0) is 14.1 Å². The number of aromatic nitrogens is 7. The van der Waals surface area contributed by atoms with Gasteiger partial charge in [-0.1, -0.05) is 30.3 Å². The van der Waals surface area contributed by atoms with Crippen molar-refractivity contribution in [3.63, 3.8) is 0 Å². The van der Waals surface area contributed by atoms with Crippen molar-refractivity contribution < 1.29 is 0 Å². The van der Waals surface area contributed by atoms with E-state index >= 15 is 0 Å². The van der Waals surface area contributed by atoms with E-state index in [2.05, 4.69) is 20.5 Å². The Morgan fingerprint density at radius 3 is 2.64 bits per heavy atom. The number of hydrogen-bond acceptors (Lipinski definition) is 5. The molecule has 0 aliphatic carbocycles. The zero-order chi connectivity index (χ0) is 19.1. The van der Waals surface area contributed by atoms with Gasteiger partial charge in [-0.2, -0.15) is 10.2 Å². The lowest BCUT2D eigenvalue weighted by molar-refractivity contribution is 0.777. The number of nitrogens with zero attached hydrogens (tertiary/aromatic N) is 7. The first-order valence-corrected chi connectivity index (χ1v) is 8.86. The maximum atomic E-state index is 4.74. The molecule has 138 valence electrons. The van der Waals surface area contributed by atoms with Crippen LogP contribution in [0.3, 0.4) is 0 Å². The highest BCUT2D eigenvalue weighted by molar-refractivity contribution is 5.87. The zero-order valence-electron chi connectivity index (χ0n) is 15.5. The summed E-state index contributed by atoms with van der Waals surface area (Å²) in [5.41, 5.74) is 3.73. The fourth-order valence-corrected chi connectivity index (χ4v) is 3.24. The van der Waals surface area contributed by atoms with Gasteiger partial charge in [0, 0.05) is 44.2 Å². The zero-order valence-corrected chi connectivity index (χ0v) is 15.5. The molecule has 0 aliphatic rings. The van der Waals surface area contributed by atoms with Gasteiger partial charge in [-0.05, 0) is 0 Å². The summed E-state index contributed by atoms with van der Waals surface area (Å²) in [4.78, 5) is 8.90. The van der Waals surface area contributed by atoms with Crippen molar-refractivity contribution in [3.8, 4) is 16.9 Å². The average molecular weight is 370 g/mol. The van der Waals surface area contributed by atoms with Crippen molar-refractivity contribution in [3.05, 3.63) is 67.4 Å². The van der Waals surface area contributed by atoms with Crippen LogP contribution in [0.25, 0.3) is 28.0 Å². The topological polar surface area (TPSA) is 78.4 Å². The third-order valence-electron chi connectivity index (χ3n) is 4.67. The summed E-state index contributed by atoms with van der Waals surface area (Å²) < 4.78 is 5.53. The Kier molecular flexibility index (Phi) is 3.68. The van der Waals surface area contributed by atoms with E-state index in [9.17, 15) is 0 Å². The molecule has 5 aromatic rings. The Labute approximate surface area is 161 Å². The third-order valence-corrected chi connectivity index (χ3v) is 4.67. The van der Waals surface area contributed by atoms with E-state index in [1.54, 1.807) is 17.2 Å². The molecule has 4 aromatic heterocycles. The maximum absolute atomic E-state index is 4.74. The number of fused-ring (bicyclic) bond motifs is 1. The number of rotatable bonds is 4. The van der Waals surface area contributed by atoms with Crippen molar-refractivity contribution in [1.29, 1.82) is 0 Å². The van der Waals surface area contributed by atoms with Crippen molar-refractivity contribution in [2.75, 3.05) is 5.32 Å². The van der Waals surface area contributed by atoms with E-state index < -0.39 is 0 Å². The van der Waals surface area contributed by atoms with Crippen LogP contribution < -0.4 is 5.32 Å². The van der Waals surface area contributed by atoms with Crippen molar-refractivity contribution in [2.24, 2.45) is 14.1 Å². The molecule has 0 radical (unpaired) electrons. The Morgan fingerprint density at radius 1 is 1.00 bits per heavy atom. The first kappa shape index (κ1) is 16.2. The summed E-state index contributed by atoms with van der Waals surface area (Å²) in [6.45, 7) is 0. The standard InChI is InChI=1S/C20H18N8/c1-26-19(10-16(25-26)14-6-4-3-5-7-14)23-18-11-17(28-9-8-21-13-28)15-12-22-27(2)20(15)24-18/h3-13H,1-2H3,(H,23,24). The van der Waals surface area contributed by atoms with Crippen LogP contribution in [0.1, 0.15) is 0 Å². The molecule has 0 amide bonds. The second-order valence-electron chi connectivity index (χ2n) is 6.53. The van der Waals surface area contributed by atoms with Crippen molar-refractivity contribution in [2.45, 2.75) is 0 Å². The number of hydrogen-bond donors (Lipinski definition) is 1. The molecule has 4 heterocycles. The monoisotopic (exact) mass is 370 g/mol. The molecule has 0 atom stereocenters. The van der Waals surface area contributed by atoms with E-state index in [1.807, 2.05) is 78.2 Å². The molecule has 5 rings (SSSR count). The molecule has 0 fully saturated rings.